The largest absolute Gasteiger partial charge is 0.454 e. The van der Waals surface area contributed by atoms with Gasteiger partial charge in [0.2, 0.25) is 0 Å². The minimum Gasteiger partial charge on any atom is -0.454 e. The summed E-state index contributed by atoms with van der Waals surface area (Å²) in [6.45, 7) is 6.99. The number of esters is 1. The lowest BCUT2D eigenvalue weighted by molar-refractivity contribution is 0.0455. The number of ether oxygens (including phenoxy) is 1. The van der Waals surface area contributed by atoms with Crippen molar-refractivity contribution in [3.05, 3.63) is 57.6 Å². The molecule has 0 atom stereocenters. The molecule has 2 heterocycles. The van der Waals surface area contributed by atoms with Crippen LogP contribution >= 0.6 is 11.6 Å². The second kappa shape index (κ2) is 8.97. The molecule has 0 aliphatic rings. The average Bonchev–Trinajstić information content (AvgIpc) is 3.23. The number of benzene rings is 1. The molecule has 0 radical (unpaired) electrons. The molecule has 0 saturated heterocycles. The van der Waals surface area contributed by atoms with Gasteiger partial charge in [-0.3, -0.25) is 0 Å². The van der Waals surface area contributed by atoms with Crippen molar-refractivity contribution in [3.63, 3.8) is 0 Å². The fourth-order valence-corrected chi connectivity index (χ4v) is 3.08. The number of halogens is 1. The fraction of sp³-hybridized carbons (Fsp3) is 0.421. The van der Waals surface area contributed by atoms with Crippen molar-refractivity contribution in [2.75, 3.05) is 0 Å². The number of carbonyl (C=O) groups is 1. The number of aryl methyl sites for hydroxylation is 3. The zero-order chi connectivity index (χ0) is 20.1. The SMILES string of the molecule is CCCCn1nnnc1COC(=O)c1c(C)nn(Cc2ccc(C)cc2)c1Cl. The first-order chi connectivity index (χ1) is 13.5. The summed E-state index contributed by atoms with van der Waals surface area (Å²) in [5.41, 5.74) is 3.01. The van der Waals surface area contributed by atoms with Gasteiger partial charge in [0.15, 0.2) is 12.4 Å². The van der Waals surface area contributed by atoms with Crippen molar-refractivity contribution in [1.29, 1.82) is 0 Å². The quantitative estimate of drug-likeness (QED) is 0.537. The Morgan fingerprint density at radius 1 is 1.18 bits per heavy atom. The topological polar surface area (TPSA) is 87.7 Å². The third kappa shape index (κ3) is 4.56. The second-order valence-corrected chi connectivity index (χ2v) is 7.00. The molecule has 9 heteroatoms. The molecule has 2 aromatic heterocycles. The molecule has 148 valence electrons. The molecule has 3 aromatic rings. The molecule has 1 aromatic carbocycles. The van der Waals surface area contributed by atoms with Gasteiger partial charge in [0, 0.05) is 6.54 Å². The average molecular weight is 403 g/mol. The van der Waals surface area contributed by atoms with Crippen LogP contribution in [-0.4, -0.2) is 36.0 Å². The Kier molecular flexibility index (Phi) is 6.41. The van der Waals surface area contributed by atoms with Crippen molar-refractivity contribution >= 4 is 17.6 Å². The number of tetrazole rings is 1. The number of hydrogen-bond donors (Lipinski definition) is 0. The summed E-state index contributed by atoms with van der Waals surface area (Å²) in [7, 11) is 0. The molecule has 0 aliphatic carbocycles. The van der Waals surface area contributed by atoms with Crippen LogP contribution in [0.5, 0.6) is 0 Å². The van der Waals surface area contributed by atoms with Crippen LogP contribution in [0.25, 0.3) is 0 Å². The van der Waals surface area contributed by atoms with Crippen LogP contribution in [0.1, 0.15) is 52.8 Å². The number of hydrogen-bond acceptors (Lipinski definition) is 6. The van der Waals surface area contributed by atoms with E-state index in [0.717, 1.165) is 18.4 Å². The van der Waals surface area contributed by atoms with Gasteiger partial charge in [-0.1, -0.05) is 54.8 Å². The van der Waals surface area contributed by atoms with Gasteiger partial charge < -0.3 is 4.74 Å². The van der Waals surface area contributed by atoms with Crippen LogP contribution in [0.3, 0.4) is 0 Å². The van der Waals surface area contributed by atoms with Crippen LogP contribution in [-0.2, 0) is 24.4 Å². The van der Waals surface area contributed by atoms with Crippen molar-refractivity contribution in [1.82, 2.24) is 30.0 Å². The summed E-state index contributed by atoms with van der Waals surface area (Å²) in [4.78, 5) is 12.6. The van der Waals surface area contributed by atoms with Crippen LogP contribution < -0.4 is 0 Å². The summed E-state index contributed by atoms with van der Waals surface area (Å²) in [5.74, 6) is -0.0367. The Morgan fingerprint density at radius 2 is 1.93 bits per heavy atom. The number of nitrogens with zero attached hydrogens (tertiary/aromatic N) is 6. The first-order valence-electron chi connectivity index (χ1n) is 9.20. The van der Waals surface area contributed by atoms with Gasteiger partial charge in [-0.05, 0) is 36.3 Å². The predicted molar refractivity (Wildman–Crippen MR) is 104 cm³/mol. The first-order valence-corrected chi connectivity index (χ1v) is 9.58. The number of rotatable bonds is 8. The van der Waals surface area contributed by atoms with Crippen LogP contribution in [0.4, 0.5) is 0 Å². The lowest BCUT2D eigenvalue weighted by Gasteiger charge is -2.06. The van der Waals surface area contributed by atoms with Gasteiger partial charge in [-0.15, -0.1) is 5.10 Å². The van der Waals surface area contributed by atoms with Gasteiger partial charge in [-0.25, -0.2) is 14.2 Å². The third-order valence-corrected chi connectivity index (χ3v) is 4.77. The van der Waals surface area contributed by atoms with E-state index in [-0.39, 0.29) is 17.3 Å². The molecule has 0 fully saturated rings. The van der Waals surface area contributed by atoms with Crippen molar-refractivity contribution in [3.8, 4) is 0 Å². The van der Waals surface area contributed by atoms with Crippen molar-refractivity contribution in [2.45, 2.75) is 53.3 Å². The minimum absolute atomic E-state index is 0.0194. The predicted octanol–water partition coefficient (Wildman–Crippen LogP) is 3.35. The molecule has 0 unspecified atom stereocenters. The van der Waals surface area contributed by atoms with Gasteiger partial charge in [0.1, 0.15) is 10.7 Å². The third-order valence-electron chi connectivity index (χ3n) is 4.38. The highest BCUT2D eigenvalue weighted by atomic mass is 35.5. The zero-order valence-corrected chi connectivity index (χ0v) is 17.0. The number of unbranched alkanes of at least 4 members (excludes halogenated alkanes) is 1. The number of carbonyl (C=O) groups excluding carboxylic acids is 1. The Labute approximate surface area is 168 Å². The Morgan fingerprint density at radius 3 is 2.64 bits per heavy atom. The standard InChI is InChI=1S/C19H23ClN6O2/c1-4-5-10-25-16(21-23-24-25)12-28-19(27)17-14(3)22-26(18(17)20)11-15-8-6-13(2)7-9-15/h6-9H,4-5,10-12H2,1-3H3. The molecule has 0 saturated carbocycles. The van der Waals surface area contributed by atoms with Crippen LogP contribution in [0.15, 0.2) is 24.3 Å². The molecule has 0 spiro atoms. The van der Waals surface area contributed by atoms with Gasteiger partial charge in [0.25, 0.3) is 0 Å². The molecule has 3 rings (SSSR count). The lowest BCUT2D eigenvalue weighted by atomic mass is 10.1. The molecular formula is C19H23ClN6O2. The smallest absolute Gasteiger partial charge is 0.343 e. The maximum Gasteiger partial charge on any atom is 0.343 e. The summed E-state index contributed by atoms with van der Waals surface area (Å²) < 4.78 is 8.64. The number of aromatic nitrogens is 6. The Hall–Kier alpha value is -2.74. The van der Waals surface area contributed by atoms with E-state index in [1.165, 1.54) is 5.56 Å². The van der Waals surface area contributed by atoms with E-state index in [1.54, 1.807) is 16.3 Å². The first kappa shape index (κ1) is 20.0. The van der Waals surface area contributed by atoms with Crippen LogP contribution in [0.2, 0.25) is 5.15 Å². The molecule has 0 aliphatic heterocycles. The Bertz CT molecular complexity index is 948. The van der Waals surface area contributed by atoms with Crippen molar-refractivity contribution < 1.29 is 9.53 Å². The highest BCUT2D eigenvalue weighted by Crippen LogP contribution is 2.22. The maximum atomic E-state index is 12.6. The van der Waals surface area contributed by atoms with Crippen molar-refractivity contribution in [2.24, 2.45) is 0 Å². The normalized spacial score (nSPS) is 11.0. The molecule has 8 nitrogen and oxygen atoms in total. The Balaban J connectivity index is 1.69. The summed E-state index contributed by atoms with van der Waals surface area (Å²) in [5, 5.41) is 16.1. The summed E-state index contributed by atoms with van der Waals surface area (Å²) in [6.07, 6.45) is 1.97. The molecular weight excluding hydrogens is 380 g/mol. The van der Waals surface area contributed by atoms with Gasteiger partial charge in [0.05, 0.1) is 12.2 Å². The van der Waals surface area contributed by atoms with E-state index in [2.05, 4.69) is 27.5 Å². The summed E-state index contributed by atoms with van der Waals surface area (Å²) >= 11 is 6.42. The molecule has 28 heavy (non-hydrogen) atoms. The molecule has 0 amide bonds. The van der Waals surface area contributed by atoms with E-state index < -0.39 is 5.97 Å². The lowest BCUT2D eigenvalue weighted by Crippen LogP contribution is -2.12. The van der Waals surface area contributed by atoms with E-state index in [4.69, 9.17) is 16.3 Å². The fourth-order valence-electron chi connectivity index (χ4n) is 2.77. The van der Waals surface area contributed by atoms with E-state index in [0.29, 0.717) is 24.6 Å². The molecule has 0 N–H and O–H groups in total. The maximum absolute atomic E-state index is 12.6. The van der Waals surface area contributed by atoms with Crippen LogP contribution in [0, 0.1) is 13.8 Å². The van der Waals surface area contributed by atoms with E-state index in [1.807, 2.05) is 31.2 Å². The second-order valence-electron chi connectivity index (χ2n) is 6.64. The highest BCUT2D eigenvalue weighted by Gasteiger charge is 2.22. The summed E-state index contributed by atoms with van der Waals surface area (Å²) in [6, 6.07) is 8.07. The zero-order valence-electron chi connectivity index (χ0n) is 16.2. The van der Waals surface area contributed by atoms with E-state index >= 15 is 0 Å². The van der Waals surface area contributed by atoms with Gasteiger partial charge in [-0.2, -0.15) is 5.10 Å². The highest BCUT2D eigenvalue weighted by molar-refractivity contribution is 6.32. The molecule has 0 bridgehead atoms. The minimum atomic E-state index is -0.539. The monoisotopic (exact) mass is 402 g/mol. The van der Waals surface area contributed by atoms with E-state index in [9.17, 15) is 4.79 Å². The van der Waals surface area contributed by atoms with Gasteiger partial charge >= 0.3 is 5.97 Å².